The van der Waals surface area contributed by atoms with E-state index in [0.717, 1.165) is 13.0 Å². The lowest BCUT2D eigenvalue weighted by Gasteiger charge is -2.20. The first-order valence-electron chi connectivity index (χ1n) is 9.23. The number of hydrogen-bond donors (Lipinski definition) is 0. The molecule has 2 nitrogen and oxygen atoms in total. The standard InChI is InChI=1S/C9H13N.C6H5F.C5H11NS.C3H6/c1-4-8-6-7-10(3)9(8)5-2;7-6-4-2-1-3-5-6;1-6-2-4-7-5-3-6;1-3-2/h4-5H,1-2,6-7H2,3H3;1-5H;2-5H2,1H3;3H,1H2,2H3. The van der Waals surface area contributed by atoms with Crippen molar-refractivity contribution in [1.29, 1.82) is 0 Å². The molecule has 0 bridgehead atoms. The average Bonchev–Trinajstić information content (AvgIpc) is 3.04. The molecule has 0 unspecified atom stereocenters. The number of benzene rings is 1. The molecule has 0 atom stereocenters. The van der Waals surface area contributed by atoms with Crippen LogP contribution in [0.15, 0.2) is 79.6 Å². The first-order chi connectivity index (χ1) is 13.0. The van der Waals surface area contributed by atoms with Gasteiger partial charge in [-0.15, -0.1) is 6.58 Å². The van der Waals surface area contributed by atoms with Crippen molar-refractivity contribution in [1.82, 2.24) is 9.80 Å². The van der Waals surface area contributed by atoms with E-state index < -0.39 is 0 Å². The molecule has 0 amide bonds. The van der Waals surface area contributed by atoms with E-state index in [0.29, 0.717) is 0 Å². The van der Waals surface area contributed by atoms with Crippen LogP contribution in [0.4, 0.5) is 4.39 Å². The molecule has 4 heteroatoms. The van der Waals surface area contributed by atoms with E-state index in [2.05, 4.69) is 55.4 Å². The molecule has 0 aromatic heterocycles. The highest BCUT2D eigenvalue weighted by molar-refractivity contribution is 7.99. The largest absolute Gasteiger partial charge is 0.374 e. The molecular formula is C23H35FN2S. The zero-order valence-corrected chi connectivity index (χ0v) is 18.0. The Balaban J connectivity index is 0.000000357. The molecule has 2 aliphatic heterocycles. The van der Waals surface area contributed by atoms with E-state index in [1.807, 2.05) is 19.1 Å². The van der Waals surface area contributed by atoms with Crippen LogP contribution in [0.25, 0.3) is 0 Å². The van der Waals surface area contributed by atoms with E-state index in [4.69, 9.17) is 0 Å². The third kappa shape index (κ3) is 12.3. The third-order valence-electron chi connectivity index (χ3n) is 3.86. The van der Waals surface area contributed by atoms with E-state index in [1.165, 1.54) is 48.0 Å². The molecule has 0 radical (unpaired) electrons. The smallest absolute Gasteiger partial charge is 0.123 e. The van der Waals surface area contributed by atoms with E-state index in [1.54, 1.807) is 24.3 Å². The molecular weight excluding hydrogens is 355 g/mol. The number of halogens is 1. The van der Waals surface area contributed by atoms with Crippen LogP contribution >= 0.6 is 11.8 Å². The first kappa shape index (κ1) is 25.2. The first-order valence-corrected chi connectivity index (χ1v) is 10.4. The van der Waals surface area contributed by atoms with E-state index in [9.17, 15) is 4.39 Å². The summed E-state index contributed by atoms with van der Waals surface area (Å²) in [6.07, 6.45) is 6.67. The Kier molecular flexibility index (Phi) is 15.3. The predicted molar refractivity (Wildman–Crippen MR) is 122 cm³/mol. The van der Waals surface area contributed by atoms with Gasteiger partial charge in [-0.2, -0.15) is 11.8 Å². The number of allylic oxidation sites excluding steroid dienone is 3. The van der Waals surface area contributed by atoms with Gasteiger partial charge < -0.3 is 9.80 Å². The summed E-state index contributed by atoms with van der Waals surface area (Å²) >= 11 is 2.06. The SMILES string of the molecule is C=CC.C=CC1=C(C=C)N(C)CC1.CN1CCSCC1.Fc1ccccc1. The van der Waals surface area contributed by atoms with Gasteiger partial charge >= 0.3 is 0 Å². The molecule has 3 rings (SSSR count). The minimum atomic E-state index is -0.178. The molecule has 0 saturated carbocycles. The monoisotopic (exact) mass is 390 g/mol. The highest BCUT2D eigenvalue weighted by atomic mass is 32.2. The zero-order chi connectivity index (χ0) is 20.5. The molecule has 1 aromatic carbocycles. The van der Waals surface area contributed by atoms with Crippen LogP contribution < -0.4 is 0 Å². The van der Waals surface area contributed by atoms with E-state index in [-0.39, 0.29) is 5.82 Å². The number of rotatable bonds is 2. The van der Waals surface area contributed by atoms with Crippen LogP contribution in [-0.2, 0) is 0 Å². The highest BCUT2D eigenvalue weighted by Crippen LogP contribution is 2.21. The van der Waals surface area contributed by atoms with Gasteiger partial charge in [-0.25, -0.2) is 4.39 Å². The summed E-state index contributed by atoms with van der Waals surface area (Å²) in [5, 5.41) is 0. The van der Waals surface area contributed by atoms with Gasteiger partial charge in [-0.1, -0.05) is 43.5 Å². The van der Waals surface area contributed by atoms with Crippen molar-refractivity contribution in [3.05, 3.63) is 85.4 Å². The van der Waals surface area contributed by atoms with Gasteiger partial charge in [0, 0.05) is 43.9 Å². The quantitative estimate of drug-likeness (QED) is 0.604. The Morgan fingerprint density at radius 1 is 0.963 bits per heavy atom. The maximum absolute atomic E-state index is 11.9. The fourth-order valence-electron chi connectivity index (χ4n) is 2.34. The van der Waals surface area contributed by atoms with Gasteiger partial charge in [0.25, 0.3) is 0 Å². The predicted octanol–water partition coefficient (Wildman–Crippen LogP) is 5.63. The van der Waals surface area contributed by atoms with Gasteiger partial charge in [-0.05, 0) is 44.2 Å². The summed E-state index contributed by atoms with van der Waals surface area (Å²) < 4.78 is 11.9. The van der Waals surface area contributed by atoms with Crippen molar-refractivity contribution in [2.75, 3.05) is 45.2 Å². The summed E-state index contributed by atoms with van der Waals surface area (Å²) in [5.74, 6) is 2.48. The fourth-order valence-corrected chi connectivity index (χ4v) is 3.43. The summed E-state index contributed by atoms with van der Waals surface area (Å²) in [6.45, 7) is 16.4. The third-order valence-corrected chi connectivity index (χ3v) is 4.81. The fraction of sp³-hybridized carbons (Fsp3) is 0.391. The van der Waals surface area contributed by atoms with Crippen molar-refractivity contribution >= 4 is 11.8 Å². The molecule has 150 valence electrons. The topological polar surface area (TPSA) is 6.48 Å². The van der Waals surface area contributed by atoms with Crippen molar-refractivity contribution in [3.8, 4) is 0 Å². The second-order valence-electron chi connectivity index (χ2n) is 6.11. The molecule has 2 aliphatic rings. The number of likely N-dealkylation sites (N-methyl/N-ethyl adjacent to an activating group) is 1. The molecule has 0 aliphatic carbocycles. The lowest BCUT2D eigenvalue weighted by molar-refractivity contribution is 0.372. The van der Waals surface area contributed by atoms with Crippen molar-refractivity contribution in [3.63, 3.8) is 0 Å². The molecule has 0 spiro atoms. The Morgan fingerprint density at radius 2 is 1.52 bits per heavy atom. The highest BCUT2D eigenvalue weighted by Gasteiger charge is 2.13. The van der Waals surface area contributed by atoms with Crippen LogP contribution in [0.1, 0.15) is 13.3 Å². The number of hydrogen-bond acceptors (Lipinski definition) is 3. The number of thioether (sulfide) groups is 1. The van der Waals surface area contributed by atoms with Gasteiger partial charge in [-0.3, -0.25) is 0 Å². The molecule has 0 N–H and O–H groups in total. The molecule has 27 heavy (non-hydrogen) atoms. The summed E-state index contributed by atoms with van der Waals surface area (Å²) in [7, 11) is 4.26. The number of nitrogens with zero attached hydrogens (tertiary/aromatic N) is 2. The van der Waals surface area contributed by atoms with Crippen LogP contribution in [0.2, 0.25) is 0 Å². The Morgan fingerprint density at radius 3 is 1.81 bits per heavy atom. The lowest BCUT2D eigenvalue weighted by Crippen LogP contribution is -2.28. The van der Waals surface area contributed by atoms with Crippen molar-refractivity contribution in [2.45, 2.75) is 13.3 Å². The average molecular weight is 391 g/mol. The van der Waals surface area contributed by atoms with Crippen LogP contribution in [0.3, 0.4) is 0 Å². The van der Waals surface area contributed by atoms with Crippen molar-refractivity contribution in [2.24, 2.45) is 0 Å². The molecule has 1 saturated heterocycles. The maximum atomic E-state index is 11.9. The Labute approximate surface area is 170 Å². The minimum absolute atomic E-state index is 0.178. The normalized spacial score (nSPS) is 15.9. The summed E-state index contributed by atoms with van der Waals surface area (Å²) in [6, 6.07) is 7.94. The lowest BCUT2D eigenvalue weighted by atomic mass is 10.2. The van der Waals surface area contributed by atoms with Crippen LogP contribution in [0, 0.1) is 5.82 Å². The maximum Gasteiger partial charge on any atom is 0.123 e. The van der Waals surface area contributed by atoms with Crippen molar-refractivity contribution < 1.29 is 4.39 Å². The zero-order valence-electron chi connectivity index (χ0n) is 17.2. The minimum Gasteiger partial charge on any atom is -0.374 e. The van der Waals surface area contributed by atoms with Gasteiger partial charge in [0.05, 0.1) is 0 Å². The Bertz CT molecular complexity index is 563. The van der Waals surface area contributed by atoms with Gasteiger partial charge in [0.1, 0.15) is 5.82 Å². The van der Waals surface area contributed by atoms with E-state index >= 15 is 0 Å². The molecule has 1 aromatic rings. The van der Waals surface area contributed by atoms with Crippen LogP contribution in [0.5, 0.6) is 0 Å². The van der Waals surface area contributed by atoms with Gasteiger partial charge in [0.2, 0.25) is 0 Å². The molecule has 1 fully saturated rings. The summed E-state index contributed by atoms with van der Waals surface area (Å²) in [4.78, 5) is 4.57. The van der Waals surface area contributed by atoms with Gasteiger partial charge in [0.15, 0.2) is 0 Å². The van der Waals surface area contributed by atoms with Crippen LogP contribution in [-0.4, -0.2) is 55.0 Å². The Hall–Kier alpha value is -1.78. The second-order valence-corrected chi connectivity index (χ2v) is 7.33. The second kappa shape index (κ2) is 16.4. The molecule has 2 heterocycles. The summed E-state index contributed by atoms with van der Waals surface area (Å²) in [5.41, 5.74) is 2.55.